The summed E-state index contributed by atoms with van der Waals surface area (Å²) in [6.45, 7) is 11.6. The van der Waals surface area contributed by atoms with Gasteiger partial charge in [0, 0.05) is 30.6 Å². The van der Waals surface area contributed by atoms with Crippen molar-refractivity contribution in [2.45, 2.75) is 52.6 Å². The molecule has 1 amide bonds. The van der Waals surface area contributed by atoms with Crippen molar-refractivity contribution >= 4 is 17.7 Å². The lowest BCUT2D eigenvalue weighted by Gasteiger charge is -2.37. The molecule has 6 heteroatoms. The van der Waals surface area contributed by atoms with Gasteiger partial charge in [0.1, 0.15) is 5.75 Å². The largest absolute Gasteiger partial charge is 0.491 e. The van der Waals surface area contributed by atoms with Crippen LogP contribution in [0.25, 0.3) is 0 Å². The number of benzene rings is 1. The van der Waals surface area contributed by atoms with Crippen LogP contribution in [-0.4, -0.2) is 61.3 Å². The van der Waals surface area contributed by atoms with E-state index in [1.807, 2.05) is 30.9 Å². The molecule has 2 saturated heterocycles. The Morgan fingerprint density at radius 2 is 2.00 bits per heavy atom. The van der Waals surface area contributed by atoms with Crippen LogP contribution < -0.4 is 4.74 Å². The van der Waals surface area contributed by atoms with Gasteiger partial charge in [-0.3, -0.25) is 0 Å². The molecule has 0 aromatic heterocycles. The van der Waals surface area contributed by atoms with Crippen molar-refractivity contribution in [3.63, 3.8) is 0 Å². The zero-order valence-corrected chi connectivity index (χ0v) is 18.8. The maximum absolute atomic E-state index is 11.8. The van der Waals surface area contributed by atoms with Crippen molar-refractivity contribution in [1.82, 2.24) is 9.80 Å². The lowest BCUT2D eigenvalue weighted by atomic mass is 9.89. The van der Waals surface area contributed by atoms with Gasteiger partial charge >= 0.3 is 6.09 Å². The van der Waals surface area contributed by atoms with Gasteiger partial charge in [-0.15, -0.1) is 0 Å². The SMILES string of the molecule is CCCN1CC(CN2CCC(Cc3cc(OC(C)C)ccc3Cl)CC2)COC1=O. The number of carbonyl (C=O) groups is 1. The van der Waals surface area contributed by atoms with Gasteiger partial charge in [0.2, 0.25) is 0 Å². The first-order valence-electron chi connectivity index (χ1n) is 11.0. The van der Waals surface area contributed by atoms with Crippen LogP contribution in [0.5, 0.6) is 5.75 Å². The van der Waals surface area contributed by atoms with Crippen molar-refractivity contribution in [3.05, 3.63) is 28.8 Å². The Balaban J connectivity index is 1.47. The van der Waals surface area contributed by atoms with Crippen LogP contribution in [0.4, 0.5) is 4.79 Å². The van der Waals surface area contributed by atoms with Crippen LogP contribution in [0, 0.1) is 11.8 Å². The number of piperidine rings is 1. The molecule has 2 fully saturated rings. The third-order valence-corrected chi connectivity index (χ3v) is 6.16. The fourth-order valence-corrected chi connectivity index (χ4v) is 4.58. The highest BCUT2D eigenvalue weighted by Crippen LogP contribution is 2.29. The minimum atomic E-state index is -0.151. The van der Waals surface area contributed by atoms with Crippen molar-refractivity contribution in [1.29, 1.82) is 0 Å². The van der Waals surface area contributed by atoms with Crippen LogP contribution in [0.3, 0.4) is 0 Å². The van der Waals surface area contributed by atoms with Gasteiger partial charge in [-0.25, -0.2) is 4.79 Å². The molecular weight excluding hydrogens is 388 g/mol. The molecule has 1 unspecified atom stereocenters. The number of halogens is 1. The number of carbonyl (C=O) groups excluding carboxylic acids is 1. The highest BCUT2D eigenvalue weighted by molar-refractivity contribution is 6.31. The predicted molar refractivity (Wildman–Crippen MR) is 117 cm³/mol. The number of hydrogen-bond donors (Lipinski definition) is 0. The normalized spacial score (nSPS) is 21.5. The summed E-state index contributed by atoms with van der Waals surface area (Å²) in [7, 11) is 0. The highest BCUT2D eigenvalue weighted by Gasteiger charge is 2.29. The summed E-state index contributed by atoms with van der Waals surface area (Å²) in [5.74, 6) is 1.97. The lowest BCUT2D eigenvalue weighted by Crippen LogP contribution is -2.48. The number of hydrogen-bond acceptors (Lipinski definition) is 4. The standard InChI is InChI=1S/C23H35ClN2O3/c1-4-9-26-15-19(16-28-23(26)27)14-25-10-7-18(8-11-25)12-20-13-21(29-17(2)3)5-6-22(20)24/h5-6,13,17-19H,4,7-12,14-16H2,1-3H3. The molecule has 2 heterocycles. The van der Waals surface area contributed by atoms with Gasteiger partial charge in [0.05, 0.1) is 12.7 Å². The summed E-state index contributed by atoms with van der Waals surface area (Å²) >= 11 is 6.45. The van der Waals surface area contributed by atoms with Crippen LogP contribution in [0.1, 0.15) is 45.6 Å². The fourth-order valence-electron chi connectivity index (χ4n) is 4.38. The first-order chi connectivity index (χ1) is 13.9. The zero-order valence-electron chi connectivity index (χ0n) is 18.0. The van der Waals surface area contributed by atoms with E-state index in [-0.39, 0.29) is 12.2 Å². The predicted octanol–water partition coefficient (Wildman–Crippen LogP) is 4.86. The van der Waals surface area contributed by atoms with Crippen molar-refractivity contribution in [2.75, 3.05) is 39.3 Å². The summed E-state index contributed by atoms with van der Waals surface area (Å²) in [6, 6.07) is 6.01. The molecule has 1 atom stereocenters. The molecular formula is C23H35ClN2O3. The second-order valence-electron chi connectivity index (χ2n) is 8.76. The first kappa shape index (κ1) is 22.2. The second kappa shape index (κ2) is 10.5. The smallest absolute Gasteiger partial charge is 0.409 e. The molecule has 0 bridgehead atoms. The minimum Gasteiger partial charge on any atom is -0.491 e. The number of rotatable bonds is 8. The molecule has 0 spiro atoms. The van der Waals surface area contributed by atoms with Gasteiger partial charge in [0.15, 0.2) is 0 Å². The van der Waals surface area contributed by atoms with E-state index in [0.717, 1.165) is 56.3 Å². The minimum absolute atomic E-state index is 0.151. The van der Waals surface area contributed by atoms with Gasteiger partial charge in [-0.2, -0.15) is 0 Å². The average Bonchev–Trinajstić information content (AvgIpc) is 2.68. The summed E-state index contributed by atoms with van der Waals surface area (Å²) in [5.41, 5.74) is 1.19. The number of amides is 1. The summed E-state index contributed by atoms with van der Waals surface area (Å²) < 4.78 is 11.2. The molecule has 29 heavy (non-hydrogen) atoms. The van der Waals surface area contributed by atoms with Crippen molar-refractivity contribution < 1.29 is 14.3 Å². The lowest BCUT2D eigenvalue weighted by molar-refractivity contribution is 0.0269. The van der Waals surface area contributed by atoms with E-state index in [9.17, 15) is 4.79 Å². The van der Waals surface area contributed by atoms with Gasteiger partial charge in [-0.05, 0) is 82.3 Å². The molecule has 0 aliphatic carbocycles. The maximum Gasteiger partial charge on any atom is 0.409 e. The van der Waals surface area contributed by atoms with Gasteiger partial charge < -0.3 is 19.3 Å². The Morgan fingerprint density at radius 1 is 1.24 bits per heavy atom. The highest BCUT2D eigenvalue weighted by atomic mass is 35.5. The van der Waals surface area contributed by atoms with Crippen molar-refractivity contribution in [2.24, 2.45) is 11.8 Å². The van der Waals surface area contributed by atoms with E-state index in [4.69, 9.17) is 21.1 Å². The van der Waals surface area contributed by atoms with E-state index in [0.29, 0.717) is 18.4 Å². The Kier molecular flexibility index (Phi) is 8.07. The molecule has 0 radical (unpaired) electrons. The van der Waals surface area contributed by atoms with E-state index in [1.54, 1.807) is 0 Å². The van der Waals surface area contributed by atoms with E-state index < -0.39 is 0 Å². The molecule has 0 saturated carbocycles. The molecule has 1 aromatic rings. The Hall–Kier alpha value is -1.46. The number of ether oxygens (including phenoxy) is 2. The molecule has 0 N–H and O–H groups in total. The van der Waals surface area contributed by atoms with Crippen LogP contribution in [0.2, 0.25) is 5.02 Å². The zero-order chi connectivity index (χ0) is 20.8. The van der Waals surface area contributed by atoms with E-state index in [2.05, 4.69) is 17.9 Å². The molecule has 5 nitrogen and oxygen atoms in total. The van der Waals surface area contributed by atoms with Gasteiger partial charge in [0.25, 0.3) is 0 Å². The number of likely N-dealkylation sites (tertiary alicyclic amines) is 1. The second-order valence-corrected chi connectivity index (χ2v) is 9.16. The summed E-state index contributed by atoms with van der Waals surface area (Å²) in [4.78, 5) is 16.2. The van der Waals surface area contributed by atoms with Gasteiger partial charge in [-0.1, -0.05) is 18.5 Å². The van der Waals surface area contributed by atoms with Crippen molar-refractivity contribution in [3.8, 4) is 5.75 Å². The quantitative estimate of drug-likeness (QED) is 0.599. The Labute approximate surface area is 180 Å². The Morgan fingerprint density at radius 3 is 2.69 bits per heavy atom. The molecule has 162 valence electrons. The molecule has 1 aromatic carbocycles. The third-order valence-electron chi connectivity index (χ3n) is 5.79. The average molecular weight is 423 g/mol. The van der Waals surface area contributed by atoms with Crippen LogP contribution in [-0.2, 0) is 11.2 Å². The monoisotopic (exact) mass is 422 g/mol. The van der Waals surface area contributed by atoms with Crippen LogP contribution in [0.15, 0.2) is 18.2 Å². The van der Waals surface area contributed by atoms with E-state index in [1.165, 1.54) is 18.4 Å². The number of cyclic esters (lactones) is 1. The topological polar surface area (TPSA) is 42.0 Å². The third kappa shape index (κ3) is 6.51. The fraction of sp³-hybridized carbons (Fsp3) is 0.696. The summed E-state index contributed by atoms with van der Waals surface area (Å²) in [6.07, 6.45) is 4.35. The number of nitrogens with zero attached hydrogens (tertiary/aromatic N) is 2. The van der Waals surface area contributed by atoms with E-state index >= 15 is 0 Å². The molecule has 3 rings (SSSR count). The molecule has 2 aliphatic heterocycles. The molecule has 2 aliphatic rings. The first-order valence-corrected chi connectivity index (χ1v) is 11.4. The summed E-state index contributed by atoms with van der Waals surface area (Å²) in [5, 5.41) is 0.837. The maximum atomic E-state index is 11.8. The van der Waals surface area contributed by atoms with Crippen LogP contribution >= 0.6 is 11.6 Å². The Bertz CT molecular complexity index is 674.